The van der Waals surface area contributed by atoms with E-state index in [9.17, 15) is 5.26 Å². The van der Waals surface area contributed by atoms with E-state index in [2.05, 4.69) is 19.1 Å². The minimum absolute atomic E-state index is 0.0939. The maximum Gasteiger partial charge on any atom is 0.0689 e. The summed E-state index contributed by atoms with van der Waals surface area (Å²) in [5.74, 6) is 0.207. The monoisotopic (exact) mass is 190 g/mol. The molecule has 0 saturated heterocycles. The number of unbranched alkanes of at least 4 members (excludes halogenated alkanes) is 1. The highest BCUT2D eigenvalue weighted by Crippen LogP contribution is 2.41. The van der Waals surface area contributed by atoms with Gasteiger partial charge in [-0.2, -0.15) is 10.5 Å². The van der Waals surface area contributed by atoms with Crippen LogP contribution in [0.3, 0.4) is 0 Å². The number of hydrogen-bond donors (Lipinski definition) is 0. The lowest BCUT2D eigenvalue weighted by Crippen LogP contribution is -2.25. The standard InChI is InChI=1S/C12H18N2/c1-2-3-6-12(10-14)7-4-11(9-13)5-8-12/h11H,2-8H2,1H3. The molecule has 0 atom stereocenters. The van der Waals surface area contributed by atoms with Gasteiger partial charge >= 0.3 is 0 Å². The average Bonchev–Trinajstić information content (AvgIpc) is 2.27. The van der Waals surface area contributed by atoms with Crippen LogP contribution in [0, 0.1) is 34.0 Å². The first-order chi connectivity index (χ1) is 6.76. The predicted octanol–water partition coefficient (Wildman–Crippen LogP) is 3.40. The van der Waals surface area contributed by atoms with Crippen LogP contribution in [-0.2, 0) is 0 Å². The quantitative estimate of drug-likeness (QED) is 0.684. The van der Waals surface area contributed by atoms with E-state index in [4.69, 9.17) is 5.26 Å². The van der Waals surface area contributed by atoms with Crippen LogP contribution in [0.15, 0.2) is 0 Å². The normalized spacial score (nSPS) is 31.8. The van der Waals surface area contributed by atoms with Crippen LogP contribution in [0.5, 0.6) is 0 Å². The molecule has 0 amide bonds. The Morgan fingerprint density at radius 2 is 1.93 bits per heavy atom. The molecule has 0 heterocycles. The third kappa shape index (κ3) is 2.48. The van der Waals surface area contributed by atoms with E-state index in [-0.39, 0.29) is 11.3 Å². The summed E-state index contributed by atoms with van der Waals surface area (Å²) >= 11 is 0. The fraction of sp³-hybridized carbons (Fsp3) is 0.833. The molecule has 1 aliphatic rings. The van der Waals surface area contributed by atoms with Crippen LogP contribution in [0.4, 0.5) is 0 Å². The molecule has 0 spiro atoms. The summed E-state index contributed by atoms with van der Waals surface area (Å²) in [5, 5.41) is 18.0. The molecule has 76 valence electrons. The van der Waals surface area contributed by atoms with Crippen molar-refractivity contribution in [3.63, 3.8) is 0 Å². The topological polar surface area (TPSA) is 47.6 Å². The summed E-state index contributed by atoms with van der Waals surface area (Å²) in [4.78, 5) is 0. The Kier molecular flexibility index (Phi) is 3.96. The summed E-state index contributed by atoms with van der Waals surface area (Å²) < 4.78 is 0. The molecular formula is C12H18N2. The van der Waals surface area contributed by atoms with Crippen molar-refractivity contribution in [2.75, 3.05) is 0 Å². The van der Waals surface area contributed by atoms with Crippen molar-refractivity contribution >= 4 is 0 Å². The molecule has 0 aromatic carbocycles. The van der Waals surface area contributed by atoms with E-state index in [1.165, 1.54) is 0 Å². The van der Waals surface area contributed by atoms with Crippen molar-refractivity contribution in [2.45, 2.75) is 51.9 Å². The van der Waals surface area contributed by atoms with Crippen molar-refractivity contribution < 1.29 is 0 Å². The number of rotatable bonds is 3. The lowest BCUT2D eigenvalue weighted by Gasteiger charge is -2.32. The van der Waals surface area contributed by atoms with Crippen molar-refractivity contribution in [1.29, 1.82) is 10.5 Å². The van der Waals surface area contributed by atoms with Crippen LogP contribution in [0.25, 0.3) is 0 Å². The summed E-state index contributed by atoms with van der Waals surface area (Å²) in [6.45, 7) is 2.16. The van der Waals surface area contributed by atoms with Crippen LogP contribution in [0.2, 0.25) is 0 Å². The highest BCUT2D eigenvalue weighted by atomic mass is 14.4. The van der Waals surface area contributed by atoms with Gasteiger partial charge in [0.2, 0.25) is 0 Å². The zero-order valence-electron chi connectivity index (χ0n) is 8.92. The zero-order valence-corrected chi connectivity index (χ0v) is 8.92. The Morgan fingerprint density at radius 1 is 1.29 bits per heavy atom. The third-order valence-corrected chi connectivity index (χ3v) is 3.37. The average molecular weight is 190 g/mol. The highest BCUT2D eigenvalue weighted by Gasteiger charge is 2.34. The Hall–Kier alpha value is -1.02. The van der Waals surface area contributed by atoms with E-state index in [1.54, 1.807) is 0 Å². The minimum Gasteiger partial charge on any atom is -0.198 e. The zero-order chi connectivity index (χ0) is 10.4. The molecule has 0 aromatic heterocycles. The summed E-state index contributed by atoms with van der Waals surface area (Å²) in [6.07, 6.45) is 7.04. The molecule has 0 unspecified atom stereocenters. The van der Waals surface area contributed by atoms with Gasteiger partial charge in [-0.3, -0.25) is 0 Å². The van der Waals surface area contributed by atoms with Crippen molar-refractivity contribution in [2.24, 2.45) is 11.3 Å². The molecule has 1 fully saturated rings. The Labute approximate surface area is 86.5 Å². The number of hydrogen-bond acceptors (Lipinski definition) is 2. The molecule has 1 aliphatic carbocycles. The van der Waals surface area contributed by atoms with Crippen molar-refractivity contribution in [3.05, 3.63) is 0 Å². The SMILES string of the molecule is CCCCC1(C#N)CCC(C#N)CC1. The van der Waals surface area contributed by atoms with Gasteiger partial charge in [0.25, 0.3) is 0 Å². The Bertz CT molecular complexity index is 248. The summed E-state index contributed by atoms with van der Waals surface area (Å²) in [7, 11) is 0. The second-order valence-electron chi connectivity index (χ2n) is 4.40. The van der Waals surface area contributed by atoms with Gasteiger partial charge in [0.15, 0.2) is 0 Å². The first kappa shape index (κ1) is 11.1. The van der Waals surface area contributed by atoms with Crippen LogP contribution >= 0.6 is 0 Å². The van der Waals surface area contributed by atoms with Gasteiger partial charge in [0, 0.05) is 5.92 Å². The van der Waals surface area contributed by atoms with Crippen molar-refractivity contribution in [3.8, 4) is 12.1 Å². The van der Waals surface area contributed by atoms with Gasteiger partial charge in [-0.1, -0.05) is 19.8 Å². The molecule has 0 bridgehead atoms. The Morgan fingerprint density at radius 3 is 2.36 bits per heavy atom. The smallest absolute Gasteiger partial charge is 0.0689 e. The molecule has 1 rings (SSSR count). The first-order valence-electron chi connectivity index (χ1n) is 5.57. The lowest BCUT2D eigenvalue weighted by molar-refractivity contribution is 0.217. The van der Waals surface area contributed by atoms with Crippen LogP contribution in [0.1, 0.15) is 51.9 Å². The third-order valence-electron chi connectivity index (χ3n) is 3.37. The second-order valence-corrected chi connectivity index (χ2v) is 4.40. The van der Waals surface area contributed by atoms with Gasteiger partial charge in [-0.25, -0.2) is 0 Å². The summed E-state index contributed by atoms with van der Waals surface area (Å²) in [6, 6.07) is 4.80. The van der Waals surface area contributed by atoms with Crippen molar-refractivity contribution in [1.82, 2.24) is 0 Å². The maximum absolute atomic E-state index is 9.19. The van der Waals surface area contributed by atoms with Gasteiger partial charge in [0.05, 0.1) is 17.6 Å². The highest BCUT2D eigenvalue weighted by molar-refractivity contribution is 5.03. The Balaban J connectivity index is 2.50. The van der Waals surface area contributed by atoms with Crippen LogP contribution in [-0.4, -0.2) is 0 Å². The number of nitriles is 2. The predicted molar refractivity (Wildman–Crippen MR) is 55.1 cm³/mol. The molecule has 0 N–H and O–H groups in total. The molecule has 0 radical (unpaired) electrons. The molecule has 2 nitrogen and oxygen atoms in total. The van der Waals surface area contributed by atoms with Gasteiger partial charge in [0.1, 0.15) is 0 Å². The first-order valence-corrected chi connectivity index (χ1v) is 5.57. The van der Waals surface area contributed by atoms with E-state index >= 15 is 0 Å². The molecular weight excluding hydrogens is 172 g/mol. The van der Waals surface area contributed by atoms with E-state index < -0.39 is 0 Å². The fourth-order valence-corrected chi connectivity index (χ4v) is 2.23. The van der Waals surface area contributed by atoms with E-state index in [1.807, 2.05) is 0 Å². The molecule has 0 aliphatic heterocycles. The molecule has 1 saturated carbocycles. The van der Waals surface area contributed by atoms with E-state index in [0.29, 0.717) is 0 Å². The molecule has 2 heteroatoms. The minimum atomic E-state index is -0.0939. The van der Waals surface area contributed by atoms with Gasteiger partial charge in [-0.05, 0) is 32.1 Å². The largest absolute Gasteiger partial charge is 0.198 e. The van der Waals surface area contributed by atoms with E-state index in [0.717, 1.165) is 44.9 Å². The molecule has 14 heavy (non-hydrogen) atoms. The fourth-order valence-electron chi connectivity index (χ4n) is 2.23. The van der Waals surface area contributed by atoms with Gasteiger partial charge in [-0.15, -0.1) is 0 Å². The van der Waals surface area contributed by atoms with Gasteiger partial charge < -0.3 is 0 Å². The summed E-state index contributed by atoms with van der Waals surface area (Å²) in [5.41, 5.74) is -0.0939. The molecule has 0 aromatic rings. The number of nitrogens with zero attached hydrogens (tertiary/aromatic N) is 2. The second kappa shape index (κ2) is 5.01. The lowest BCUT2D eigenvalue weighted by atomic mass is 9.69. The van der Waals surface area contributed by atoms with Crippen LogP contribution < -0.4 is 0 Å². The maximum atomic E-state index is 9.19.